The number of hydrogen-bond donors (Lipinski definition) is 1. The average Bonchev–Trinajstić information content (AvgIpc) is 2.86. The molecule has 0 spiro atoms. The Kier molecular flexibility index (Phi) is 28.6. The summed E-state index contributed by atoms with van der Waals surface area (Å²) in [5, 5.41) is 9.45. The van der Waals surface area contributed by atoms with Crippen LogP contribution in [-0.4, -0.2) is 37.0 Å². The predicted molar refractivity (Wildman–Crippen MR) is 150 cm³/mol. The van der Waals surface area contributed by atoms with Gasteiger partial charge in [0.05, 0.1) is 13.2 Å². The van der Waals surface area contributed by atoms with Gasteiger partial charge in [-0.3, -0.25) is 4.79 Å². The lowest BCUT2D eigenvalue weighted by Crippen LogP contribution is -2.27. The molecule has 0 saturated heterocycles. The maximum absolute atomic E-state index is 12.0. The van der Waals surface area contributed by atoms with Gasteiger partial charge in [-0.2, -0.15) is 0 Å². The minimum absolute atomic E-state index is 0.171. The van der Waals surface area contributed by atoms with Gasteiger partial charge in [0.2, 0.25) is 0 Å². The first-order chi connectivity index (χ1) is 17.2. The highest BCUT2D eigenvalue weighted by atomic mass is 16.6. The Morgan fingerprint density at radius 3 is 1.63 bits per heavy atom. The van der Waals surface area contributed by atoms with Crippen LogP contribution in [0.5, 0.6) is 0 Å². The molecule has 0 heterocycles. The van der Waals surface area contributed by atoms with Crippen LogP contribution in [-0.2, 0) is 14.3 Å². The largest absolute Gasteiger partial charge is 0.457 e. The van der Waals surface area contributed by atoms with E-state index in [-0.39, 0.29) is 12.6 Å². The smallest absolute Gasteiger partial charge is 0.306 e. The maximum atomic E-state index is 12.0. The number of hydrogen-bond acceptors (Lipinski definition) is 4. The fourth-order valence-electron chi connectivity index (χ4n) is 4.26. The molecular weight excluding hydrogens is 436 g/mol. The lowest BCUT2D eigenvalue weighted by atomic mass is 10.1. The molecule has 0 bridgehead atoms. The molecule has 4 heteroatoms. The first-order valence-corrected chi connectivity index (χ1v) is 15.3. The van der Waals surface area contributed by atoms with Crippen LogP contribution in [0.4, 0.5) is 0 Å². The highest BCUT2D eigenvalue weighted by Gasteiger charge is 2.13. The zero-order valence-electron chi connectivity index (χ0n) is 23.6. The van der Waals surface area contributed by atoms with Gasteiger partial charge < -0.3 is 14.6 Å². The summed E-state index contributed by atoms with van der Waals surface area (Å²) in [6.45, 7) is 5.30. The summed E-state index contributed by atoms with van der Waals surface area (Å²) in [4.78, 5) is 12.0. The Bertz CT molecular complexity index is 449. The van der Waals surface area contributed by atoms with Crippen molar-refractivity contribution in [3.05, 3.63) is 12.2 Å². The van der Waals surface area contributed by atoms with Crippen LogP contribution in [0.3, 0.4) is 0 Å². The lowest BCUT2D eigenvalue weighted by molar-refractivity contribution is -0.154. The Balaban J connectivity index is 3.45. The first kappa shape index (κ1) is 34.1. The van der Waals surface area contributed by atoms with Crippen molar-refractivity contribution in [1.29, 1.82) is 0 Å². The Labute approximate surface area is 218 Å². The normalized spacial score (nSPS) is 12.4. The van der Waals surface area contributed by atoms with E-state index in [1.165, 1.54) is 116 Å². The Morgan fingerprint density at radius 2 is 1.11 bits per heavy atom. The van der Waals surface area contributed by atoms with E-state index in [4.69, 9.17) is 9.47 Å². The second-order valence-corrected chi connectivity index (χ2v) is 10.2. The molecule has 1 unspecified atom stereocenters. The van der Waals surface area contributed by atoms with Crippen molar-refractivity contribution in [2.24, 2.45) is 0 Å². The summed E-state index contributed by atoms with van der Waals surface area (Å²) in [5.41, 5.74) is 0. The monoisotopic (exact) mass is 496 g/mol. The van der Waals surface area contributed by atoms with Crippen molar-refractivity contribution >= 4 is 5.97 Å². The summed E-state index contributed by atoms with van der Waals surface area (Å²) in [6, 6.07) is 0. The maximum Gasteiger partial charge on any atom is 0.306 e. The molecule has 4 nitrogen and oxygen atoms in total. The number of ether oxygens (including phenoxy) is 2. The molecule has 208 valence electrons. The van der Waals surface area contributed by atoms with Gasteiger partial charge in [-0.05, 0) is 38.5 Å². The van der Waals surface area contributed by atoms with Crippen molar-refractivity contribution in [3.8, 4) is 0 Å². The number of esters is 1. The summed E-state index contributed by atoms with van der Waals surface area (Å²) in [7, 11) is 0. The minimum Gasteiger partial charge on any atom is -0.457 e. The van der Waals surface area contributed by atoms with E-state index in [1.807, 2.05) is 0 Å². The highest BCUT2D eigenvalue weighted by Crippen LogP contribution is 2.11. The molecule has 0 fully saturated rings. The molecule has 35 heavy (non-hydrogen) atoms. The molecule has 0 saturated carbocycles. The molecule has 0 aromatic rings. The fraction of sp³-hybridized carbons (Fsp3) is 0.903. The number of aliphatic hydroxyl groups excluding tert-OH is 1. The highest BCUT2D eigenvalue weighted by molar-refractivity contribution is 5.69. The molecule has 0 amide bonds. The summed E-state index contributed by atoms with van der Waals surface area (Å²) >= 11 is 0. The van der Waals surface area contributed by atoms with Gasteiger partial charge in [0.25, 0.3) is 0 Å². The van der Waals surface area contributed by atoms with E-state index in [0.29, 0.717) is 19.6 Å². The fourth-order valence-corrected chi connectivity index (χ4v) is 4.26. The van der Waals surface area contributed by atoms with Crippen LogP contribution in [0.2, 0.25) is 0 Å². The number of carbonyl (C=O) groups excluding carboxylic acids is 1. The quantitative estimate of drug-likeness (QED) is 0.0666. The van der Waals surface area contributed by atoms with Gasteiger partial charge in [0, 0.05) is 13.0 Å². The Hall–Kier alpha value is -0.870. The first-order valence-electron chi connectivity index (χ1n) is 15.3. The molecule has 0 aromatic heterocycles. The molecule has 0 aliphatic carbocycles. The molecule has 0 aliphatic rings. The Morgan fingerprint density at radius 1 is 0.657 bits per heavy atom. The van der Waals surface area contributed by atoms with Gasteiger partial charge in [0.15, 0.2) is 0 Å². The lowest BCUT2D eigenvalue weighted by Gasteiger charge is -2.15. The van der Waals surface area contributed by atoms with E-state index < -0.39 is 6.10 Å². The molecule has 0 radical (unpaired) electrons. The number of rotatable bonds is 28. The topological polar surface area (TPSA) is 55.8 Å². The summed E-state index contributed by atoms with van der Waals surface area (Å²) in [5.74, 6) is -0.211. The third kappa shape index (κ3) is 27.6. The second-order valence-electron chi connectivity index (χ2n) is 10.2. The third-order valence-corrected chi connectivity index (χ3v) is 6.59. The molecule has 1 N–H and O–H groups in total. The third-order valence-electron chi connectivity index (χ3n) is 6.59. The standard InChI is InChI=1S/C31H60O4/c1-3-5-7-9-11-12-13-14-15-16-17-18-19-20-22-24-26-31(33)35-30(28-32)29-34-27-25-23-21-10-8-6-4-2/h15-16,30,32H,3-14,17-29H2,1-2H3/b16-15-. The van der Waals surface area contributed by atoms with Crippen molar-refractivity contribution in [1.82, 2.24) is 0 Å². The summed E-state index contributed by atoms with van der Waals surface area (Å²) < 4.78 is 11.0. The van der Waals surface area contributed by atoms with Gasteiger partial charge in [0.1, 0.15) is 6.10 Å². The van der Waals surface area contributed by atoms with Gasteiger partial charge in [-0.25, -0.2) is 0 Å². The van der Waals surface area contributed by atoms with Crippen LogP contribution in [0, 0.1) is 0 Å². The van der Waals surface area contributed by atoms with Gasteiger partial charge in [-0.1, -0.05) is 122 Å². The SMILES string of the molecule is CCCCCCCCC/C=C\CCCCCCCC(=O)OC(CO)COCCCCCCCCC. The zero-order chi connectivity index (χ0) is 25.7. The van der Waals surface area contributed by atoms with E-state index in [2.05, 4.69) is 26.0 Å². The van der Waals surface area contributed by atoms with Crippen LogP contribution >= 0.6 is 0 Å². The van der Waals surface area contributed by atoms with Crippen LogP contribution in [0.1, 0.15) is 155 Å². The van der Waals surface area contributed by atoms with Crippen LogP contribution < -0.4 is 0 Å². The average molecular weight is 497 g/mol. The molecule has 0 aromatic carbocycles. The van der Waals surface area contributed by atoms with Gasteiger partial charge in [-0.15, -0.1) is 0 Å². The molecule has 0 aliphatic heterocycles. The second kappa shape index (κ2) is 29.4. The summed E-state index contributed by atoms with van der Waals surface area (Å²) in [6.07, 6.45) is 31.0. The van der Waals surface area contributed by atoms with Crippen molar-refractivity contribution in [2.75, 3.05) is 19.8 Å². The number of carbonyl (C=O) groups is 1. The van der Waals surface area contributed by atoms with Crippen LogP contribution in [0.15, 0.2) is 12.2 Å². The van der Waals surface area contributed by atoms with E-state index in [0.717, 1.165) is 19.3 Å². The van der Waals surface area contributed by atoms with Crippen molar-refractivity contribution in [2.45, 2.75) is 161 Å². The van der Waals surface area contributed by atoms with E-state index in [1.54, 1.807) is 0 Å². The van der Waals surface area contributed by atoms with E-state index in [9.17, 15) is 9.90 Å². The molecule has 0 rings (SSSR count). The van der Waals surface area contributed by atoms with Gasteiger partial charge >= 0.3 is 5.97 Å². The minimum atomic E-state index is -0.528. The number of allylic oxidation sites excluding steroid dienone is 2. The zero-order valence-corrected chi connectivity index (χ0v) is 23.6. The number of aliphatic hydroxyl groups is 1. The van der Waals surface area contributed by atoms with E-state index >= 15 is 0 Å². The van der Waals surface area contributed by atoms with Crippen molar-refractivity contribution < 1.29 is 19.4 Å². The number of unbranched alkanes of at least 4 members (excludes halogenated alkanes) is 18. The molecular formula is C31H60O4. The molecule has 1 atom stereocenters. The van der Waals surface area contributed by atoms with Crippen LogP contribution in [0.25, 0.3) is 0 Å². The van der Waals surface area contributed by atoms with Crippen molar-refractivity contribution in [3.63, 3.8) is 0 Å². The predicted octanol–water partition coefficient (Wildman–Crippen LogP) is 9.09.